The van der Waals surface area contributed by atoms with Crippen molar-refractivity contribution >= 4 is 34.8 Å². The molecule has 4 rings (SSSR count). The minimum atomic E-state index is -0.721. The van der Waals surface area contributed by atoms with Gasteiger partial charge in [-0.15, -0.1) is 0 Å². The second kappa shape index (κ2) is 6.36. The molecule has 1 atom stereocenters. The van der Waals surface area contributed by atoms with Gasteiger partial charge >= 0.3 is 0 Å². The first-order valence-corrected chi connectivity index (χ1v) is 8.67. The zero-order chi connectivity index (χ0) is 18.4. The second-order valence-electron chi connectivity index (χ2n) is 6.48. The molecule has 0 radical (unpaired) electrons. The Hall–Kier alpha value is -2.47. The molecule has 2 amide bonds. The van der Waals surface area contributed by atoms with Crippen molar-refractivity contribution in [3.63, 3.8) is 0 Å². The van der Waals surface area contributed by atoms with Gasteiger partial charge < -0.3 is 9.80 Å². The fourth-order valence-electron chi connectivity index (χ4n) is 3.65. The number of anilines is 2. The van der Waals surface area contributed by atoms with Crippen LogP contribution in [0.1, 0.15) is 12.0 Å². The summed E-state index contributed by atoms with van der Waals surface area (Å²) >= 11 is 6.15. The van der Waals surface area contributed by atoms with Crippen LogP contribution in [0.15, 0.2) is 36.4 Å². The number of hydrogen-bond donors (Lipinski definition) is 0. The lowest BCUT2D eigenvalue weighted by Gasteiger charge is -2.22. The first-order chi connectivity index (χ1) is 12.5. The summed E-state index contributed by atoms with van der Waals surface area (Å²) in [7, 11) is 0. The van der Waals surface area contributed by atoms with E-state index >= 15 is 0 Å². The summed E-state index contributed by atoms with van der Waals surface area (Å²) in [5.74, 6) is -2.43. The number of fused-ring (bicyclic) bond motifs is 1. The molecule has 2 aliphatic heterocycles. The Morgan fingerprint density at radius 2 is 1.92 bits per heavy atom. The molecule has 26 heavy (non-hydrogen) atoms. The number of para-hydroxylation sites is 1. The van der Waals surface area contributed by atoms with E-state index in [1.165, 1.54) is 15.9 Å². The van der Waals surface area contributed by atoms with Crippen molar-refractivity contribution in [1.29, 1.82) is 0 Å². The molecule has 7 heteroatoms. The minimum Gasteiger partial charge on any atom is -0.311 e. The molecule has 0 aliphatic carbocycles. The third-order valence-electron chi connectivity index (χ3n) is 4.90. The third kappa shape index (κ3) is 2.74. The van der Waals surface area contributed by atoms with Crippen LogP contribution in [-0.4, -0.2) is 24.9 Å². The van der Waals surface area contributed by atoms with E-state index in [1.807, 2.05) is 0 Å². The van der Waals surface area contributed by atoms with E-state index in [4.69, 9.17) is 11.6 Å². The maximum absolute atomic E-state index is 13.9. The lowest BCUT2D eigenvalue weighted by molar-refractivity contribution is -0.124. The van der Waals surface area contributed by atoms with Crippen LogP contribution in [0.4, 0.5) is 20.2 Å². The highest BCUT2D eigenvalue weighted by molar-refractivity contribution is 6.34. The number of amides is 2. The zero-order valence-electron chi connectivity index (χ0n) is 13.7. The SMILES string of the molecule is O=C1CC(C(=O)N2CCc3c(F)cc(F)cc32)CN1c1ccccc1Cl. The molecule has 0 spiro atoms. The smallest absolute Gasteiger partial charge is 0.232 e. The molecule has 4 nitrogen and oxygen atoms in total. The molecule has 2 aromatic carbocycles. The molecule has 0 N–H and O–H groups in total. The Kier molecular flexibility index (Phi) is 4.15. The topological polar surface area (TPSA) is 40.6 Å². The van der Waals surface area contributed by atoms with Crippen LogP contribution < -0.4 is 9.80 Å². The first kappa shape index (κ1) is 17.0. The highest BCUT2D eigenvalue weighted by atomic mass is 35.5. The van der Waals surface area contributed by atoms with Gasteiger partial charge in [0.25, 0.3) is 0 Å². The average molecular weight is 377 g/mol. The lowest BCUT2D eigenvalue weighted by Crippen LogP contribution is -2.36. The standard InChI is InChI=1S/C19H15ClF2N2O2/c20-14-3-1-2-4-16(14)24-10-11(7-18(24)25)19(26)23-6-5-13-15(22)8-12(21)9-17(13)23/h1-4,8-9,11H,5-7,10H2. The third-order valence-corrected chi connectivity index (χ3v) is 5.22. The molecule has 1 saturated heterocycles. The fraction of sp³-hybridized carbons (Fsp3) is 0.263. The Bertz CT molecular complexity index is 918. The molecule has 2 heterocycles. The van der Waals surface area contributed by atoms with E-state index in [9.17, 15) is 18.4 Å². The van der Waals surface area contributed by atoms with Gasteiger partial charge in [-0.05, 0) is 24.6 Å². The monoisotopic (exact) mass is 376 g/mol. The van der Waals surface area contributed by atoms with E-state index < -0.39 is 17.6 Å². The number of halogens is 3. The van der Waals surface area contributed by atoms with Crippen molar-refractivity contribution in [1.82, 2.24) is 0 Å². The van der Waals surface area contributed by atoms with E-state index in [2.05, 4.69) is 0 Å². The Balaban J connectivity index is 1.58. The molecule has 1 unspecified atom stereocenters. The molecular weight excluding hydrogens is 362 g/mol. The molecule has 1 fully saturated rings. The van der Waals surface area contributed by atoms with Crippen LogP contribution >= 0.6 is 11.6 Å². The Morgan fingerprint density at radius 1 is 1.15 bits per heavy atom. The summed E-state index contributed by atoms with van der Waals surface area (Å²) < 4.78 is 27.5. The molecular formula is C19H15ClF2N2O2. The summed E-state index contributed by atoms with van der Waals surface area (Å²) in [5.41, 5.74) is 1.16. The molecule has 0 bridgehead atoms. The Morgan fingerprint density at radius 3 is 2.69 bits per heavy atom. The van der Waals surface area contributed by atoms with Crippen molar-refractivity contribution in [2.24, 2.45) is 5.92 Å². The van der Waals surface area contributed by atoms with E-state index in [0.717, 1.165) is 6.07 Å². The maximum Gasteiger partial charge on any atom is 0.232 e. The fourth-order valence-corrected chi connectivity index (χ4v) is 3.89. The van der Waals surface area contributed by atoms with Crippen LogP contribution in [0.25, 0.3) is 0 Å². The summed E-state index contributed by atoms with van der Waals surface area (Å²) in [4.78, 5) is 28.2. The van der Waals surface area contributed by atoms with Crippen LogP contribution in [0.5, 0.6) is 0 Å². The normalized spacial score (nSPS) is 19.2. The average Bonchev–Trinajstić information content (AvgIpc) is 3.19. The van der Waals surface area contributed by atoms with Crippen LogP contribution in [-0.2, 0) is 16.0 Å². The van der Waals surface area contributed by atoms with Gasteiger partial charge in [0.05, 0.1) is 22.3 Å². The number of rotatable bonds is 2. The van der Waals surface area contributed by atoms with Gasteiger partial charge in [0.1, 0.15) is 11.6 Å². The molecule has 134 valence electrons. The maximum atomic E-state index is 13.9. The number of carbonyl (C=O) groups excluding carboxylic acids is 2. The molecule has 0 saturated carbocycles. The van der Waals surface area contributed by atoms with Crippen molar-refractivity contribution in [2.45, 2.75) is 12.8 Å². The predicted molar refractivity (Wildman–Crippen MR) is 94.3 cm³/mol. The van der Waals surface area contributed by atoms with E-state index in [1.54, 1.807) is 24.3 Å². The second-order valence-corrected chi connectivity index (χ2v) is 6.89. The largest absolute Gasteiger partial charge is 0.311 e. The zero-order valence-corrected chi connectivity index (χ0v) is 14.5. The summed E-state index contributed by atoms with van der Waals surface area (Å²) in [6.45, 7) is 0.482. The minimum absolute atomic E-state index is 0.0493. The number of benzene rings is 2. The Labute approximate surface area is 154 Å². The van der Waals surface area contributed by atoms with Gasteiger partial charge in [0.15, 0.2) is 0 Å². The van der Waals surface area contributed by atoms with E-state index in [-0.39, 0.29) is 37.0 Å². The quantitative estimate of drug-likeness (QED) is 0.804. The number of hydrogen-bond acceptors (Lipinski definition) is 2. The van der Waals surface area contributed by atoms with Crippen LogP contribution in [0.2, 0.25) is 5.02 Å². The van der Waals surface area contributed by atoms with Crippen molar-refractivity contribution in [3.8, 4) is 0 Å². The summed E-state index contributed by atoms with van der Waals surface area (Å²) in [6.07, 6.45) is 0.385. The predicted octanol–water partition coefficient (Wildman–Crippen LogP) is 3.56. The molecule has 2 aliphatic rings. The van der Waals surface area contributed by atoms with Crippen LogP contribution in [0.3, 0.4) is 0 Å². The number of carbonyl (C=O) groups is 2. The van der Waals surface area contributed by atoms with E-state index in [0.29, 0.717) is 22.7 Å². The first-order valence-electron chi connectivity index (χ1n) is 8.30. The summed E-state index contributed by atoms with van der Waals surface area (Å²) in [5, 5.41) is 0.435. The highest BCUT2D eigenvalue weighted by Crippen LogP contribution is 2.35. The summed E-state index contributed by atoms with van der Waals surface area (Å²) in [6, 6.07) is 8.94. The van der Waals surface area contributed by atoms with Gasteiger partial charge in [-0.1, -0.05) is 23.7 Å². The van der Waals surface area contributed by atoms with Gasteiger partial charge in [0.2, 0.25) is 11.8 Å². The molecule has 2 aromatic rings. The van der Waals surface area contributed by atoms with Crippen molar-refractivity contribution < 1.29 is 18.4 Å². The van der Waals surface area contributed by atoms with Crippen molar-refractivity contribution in [3.05, 3.63) is 58.6 Å². The van der Waals surface area contributed by atoms with Gasteiger partial charge in [-0.3, -0.25) is 9.59 Å². The highest BCUT2D eigenvalue weighted by Gasteiger charge is 2.40. The van der Waals surface area contributed by atoms with Gasteiger partial charge in [0, 0.05) is 31.1 Å². The van der Waals surface area contributed by atoms with Gasteiger partial charge in [-0.25, -0.2) is 8.78 Å². The van der Waals surface area contributed by atoms with Gasteiger partial charge in [-0.2, -0.15) is 0 Å². The molecule has 0 aromatic heterocycles. The van der Waals surface area contributed by atoms with Crippen molar-refractivity contribution in [2.75, 3.05) is 22.9 Å². The number of nitrogens with zero attached hydrogens (tertiary/aromatic N) is 2. The van der Waals surface area contributed by atoms with Crippen LogP contribution in [0, 0.1) is 17.6 Å². The lowest BCUT2D eigenvalue weighted by atomic mass is 10.1.